The lowest BCUT2D eigenvalue weighted by Crippen LogP contribution is -2.14. The van der Waals surface area contributed by atoms with Crippen molar-refractivity contribution in [3.63, 3.8) is 0 Å². The van der Waals surface area contributed by atoms with E-state index in [2.05, 4.69) is 34.0 Å². The van der Waals surface area contributed by atoms with Crippen LogP contribution >= 0.6 is 0 Å². The highest BCUT2D eigenvalue weighted by Gasteiger charge is 2.25. The van der Waals surface area contributed by atoms with E-state index in [1.807, 2.05) is 0 Å². The fourth-order valence-corrected chi connectivity index (χ4v) is 2.73. The van der Waals surface area contributed by atoms with E-state index in [0.29, 0.717) is 17.5 Å². The molecule has 0 saturated carbocycles. The molecule has 1 aliphatic carbocycles. The topological polar surface area (TPSA) is 74.4 Å². The van der Waals surface area contributed by atoms with Crippen LogP contribution in [0.5, 0.6) is 0 Å². The summed E-state index contributed by atoms with van der Waals surface area (Å²) >= 11 is 0. The van der Waals surface area contributed by atoms with Gasteiger partial charge in [-0.1, -0.05) is 13.8 Å². The molecule has 2 aromatic rings. The fourth-order valence-electron chi connectivity index (χ4n) is 2.73. The number of hydrogen-bond acceptors (Lipinski definition) is 3. The van der Waals surface area contributed by atoms with Gasteiger partial charge in [-0.05, 0) is 24.8 Å². The lowest BCUT2D eigenvalue weighted by molar-refractivity contribution is 0.440. The number of imidazole rings is 1. The molecule has 0 aliphatic heterocycles. The molecule has 2 unspecified atom stereocenters. The Hall–Kier alpha value is -1.91. The second-order valence-electron chi connectivity index (χ2n) is 5.20. The van der Waals surface area contributed by atoms with Gasteiger partial charge in [-0.2, -0.15) is 5.10 Å². The molecule has 0 fully saturated rings. The maximum atomic E-state index is 11.0. The van der Waals surface area contributed by atoms with Crippen molar-refractivity contribution in [1.29, 1.82) is 0 Å². The molecule has 0 radical (unpaired) electrons. The summed E-state index contributed by atoms with van der Waals surface area (Å²) in [6.45, 7) is 4.47. The van der Waals surface area contributed by atoms with Crippen LogP contribution in [0.4, 0.5) is 0 Å². The summed E-state index contributed by atoms with van der Waals surface area (Å²) in [6.07, 6.45) is 2.21. The fraction of sp³-hybridized carbons (Fsp3) is 0.462. The van der Waals surface area contributed by atoms with Gasteiger partial charge in [-0.3, -0.25) is 4.79 Å². The predicted molar refractivity (Wildman–Crippen MR) is 68.3 cm³/mol. The normalized spacial score (nSPS) is 22.8. The highest BCUT2D eigenvalue weighted by atomic mass is 16.1. The van der Waals surface area contributed by atoms with Gasteiger partial charge in [0.25, 0.3) is 5.56 Å². The van der Waals surface area contributed by atoms with Crippen LogP contribution in [-0.4, -0.2) is 20.2 Å². The van der Waals surface area contributed by atoms with Gasteiger partial charge in [0.2, 0.25) is 0 Å². The van der Waals surface area contributed by atoms with Crippen LogP contribution < -0.4 is 5.56 Å². The van der Waals surface area contributed by atoms with E-state index in [4.69, 9.17) is 0 Å². The minimum Gasteiger partial charge on any atom is -0.340 e. The highest BCUT2D eigenvalue weighted by molar-refractivity contribution is 5.50. The maximum absolute atomic E-state index is 11.0. The van der Waals surface area contributed by atoms with Crippen molar-refractivity contribution in [2.45, 2.75) is 32.6 Å². The molecule has 2 aromatic heterocycles. The third-order valence-corrected chi connectivity index (χ3v) is 3.51. The number of H-pyrrole nitrogens is 2. The monoisotopic (exact) mass is 244 g/mol. The van der Waals surface area contributed by atoms with Crippen molar-refractivity contribution in [3.05, 3.63) is 33.9 Å². The predicted octanol–water partition coefficient (Wildman–Crippen LogP) is 1.85. The zero-order valence-electron chi connectivity index (χ0n) is 10.5. The van der Waals surface area contributed by atoms with Crippen molar-refractivity contribution in [2.75, 3.05) is 0 Å². The summed E-state index contributed by atoms with van der Waals surface area (Å²) < 4.78 is 0. The standard InChI is InChI=1S/C13H16N4O/c1-7-5-8(2)12-10(6-7)14-13(15-12)9-3-4-11(18)17-16-9/h3-4,7-8H,5-6H2,1-2H3,(H,14,15)(H,17,18). The van der Waals surface area contributed by atoms with Gasteiger partial charge in [0.15, 0.2) is 5.82 Å². The lowest BCUT2D eigenvalue weighted by Gasteiger charge is -2.22. The summed E-state index contributed by atoms with van der Waals surface area (Å²) in [5.41, 5.74) is 2.85. The Morgan fingerprint density at radius 3 is 2.89 bits per heavy atom. The van der Waals surface area contributed by atoms with Crippen molar-refractivity contribution in [1.82, 2.24) is 20.2 Å². The molecule has 3 rings (SSSR count). The number of rotatable bonds is 1. The van der Waals surface area contributed by atoms with Gasteiger partial charge in [-0.15, -0.1) is 0 Å². The molecular weight excluding hydrogens is 228 g/mol. The average molecular weight is 244 g/mol. The van der Waals surface area contributed by atoms with Crippen LogP contribution in [0, 0.1) is 5.92 Å². The minimum atomic E-state index is -0.197. The number of nitrogens with zero attached hydrogens (tertiary/aromatic N) is 2. The highest BCUT2D eigenvalue weighted by Crippen LogP contribution is 2.34. The molecule has 5 heteroatoms. The van der Waals surface area contributed by atoms with Gasteiger partial charge >= 0.3 is 0 Å². The summed E-state index contributed by atoms with van der Waals surface area (Å²) in [4.78, 5) is 19.0. The molecule has 0 bridgehead atoms. The Balaban J connectivity index is 2.03. The third kappa shape index (κ3) is 1.85. The Bertz CT molecular complexity index is 608. The van der Waals surface area contributed by atoms with E-state index in [-0.39, 0.29) is 5.56 Å². The first-order chi connectivity index (χ1) is 8.63. The number of aromatic nitrogens is 4. The molecule has 94 valence electrons. The maximum Gasteiger partial charge on any atom is 0.264 e. The van der Waals surface area contributed by atoms with Gasteiger partial charge in [0, 0.05) is 17.7 Å². The summed E-state index contributed by atoms with van der Waals surface area (Å²) in [5, 5.41) is 6.44. The minimum absolute atomic E-state index is 0.197. The smallest absolute Gasteiger partial charge is 0.264 e. The third-order valence-electron chi connectivity index (χ3n) is 3.51. The van der Waals surface area contributed by atoms with E-state index in [1.54, 1.807) is 6.07 Å². The SMILES string of the molecule is CC1Cc2[nH]c(-c3ccc(=O)[nH]n3)nc2C(C)C1. The molecule has 0 saturated heterocycles. The largest absolute Gasteiger partial charge is 0.340 e. The van der Waals surface area contributed by atoms with Crippen molar-refractivity contribution in [3.8, 4) is 11.5 Å². The van der Waals surface area contributed by atoms with Gasteiger partial charge in [0.1, 0.15) is 5.69 Å². The van der Waals surface area contributed by atoms with Crippen LogP contribution in [0.3, 0.4) is 0 Å². The second-order valence-corrected chi connectivity index (χ2v) is 5.20. The van der Waals surface area contributed by atoms with E-state index >= 15 is 0 Å². The summed E-state index contributed by atoms with van der Waals surface area (Å²) in [5.74, 6) is 1.91. The number of nitrogens with one attached hydrogen (secondary N) is 2. The van der Waals surface area contributed by atoms with Crippen LogP contribution in [0.1, 0.15) is 37.6 Å². The Labute approximate surface area is 105 Å². The molecule has 0 spiro atoms. The Morgan fingerprint density at radius 2 is 2.17 bits per heavy atom. The van der Waals surface area contributed by atoms with Gasteiger partial charge in [0.05, 0.1) is 5.69 Å². The van der Waals surface area contributed by atoms with Gasteiger partial charge in [-0.25, -0.2) is 10.1 Å². The first-order valence-electron chi connectivity index (χ1n) is 6.28. The van der Waals surface area contributed by atoms with Gasteiger partial charge < -0.3 is 4.98 Å². The molecule has 2 N–H and O–H groups in total. The van der Waals surface area contributed by atoms with E-state index < -0.39 is 0 Å². The zero-order valence-corrected chi connectivity index (χ0v) is 10.5. The molecule has 2 atom stereocenters. The zero-order chi connectivity index (χ0) is 12.7. The van der Waals surface area contributed by atoms with E-state index in [0.717, 1.165) is 17.9 Å². The molecule has 5 nitrogen and oxygen atoms in total. The first kappa shape index (κ1) is 11.2. The van der Waals surface area contributed by atoms with E-state index in [1.165, 1.54) is 18.2 Å². The molecule has 0 aromatic carbocycles. The van der Waals surface area contributed by atoms with Crippen molar-refractivity contribution >= 4 is 0 Å². The number of aromatic amines is 2. The van der Waals surface area contributed by atoms with E-state index in [9.17, 15) is 4.79 Å². The molecule has 0 amide bonds. The van der Waals surface area contributed by atoms with Crippen LogP contribution in [0.15, 0.2) is 16.9 Å². The van der Waals surface area contributed by atoms with Crippen molar-refractivity contribution < 1.29 is 0 Å². The first-order valence-corrected chi connectivity index (χ1v) is 6.28. The Morgan fingerprint density at radius 1 is 1.33 bits per heavy atom. The quantitative estimate of drug-likeness (QED) is 0.803. The average Bonchev–Trinajstić information content (AvgIpc) is 2.74. The molecule has 1 aliphatic rings. The molecular formula is C13H16N4O. The van der Waals surface area contributed by atoms with Crippen LogP contribution in [-0.2, 0) is 6.42 Å². The lowest BCUT2D eigenvalue weighted by atomic mass is 9.84. The van der Waals surface area contributed by atoms with Crippen LogP contribution in [0.25, 0.3) is 11.5 Å². The molecule has 18 heavy (non-hydrogen) atoms. The summed E-state index contributed by atoms with van der Waals surface area (Å²) in [7, 11) is 0. The molecule has 2 heterocycles. The number of fused-ring (bicyclic) bond motifs is 1. The van der Waals surface area contributed by atoms with Crippen molar-refractivity contribution in [2.24, 2.45) is 5.92 Å². The summed E-state index contributed by atoms with van der Waals surface area (Å²) in [6, 6.07) is 3.16. The van der Waals surface area contributed by atoms with Crippen LogP contribution in [0.2, 0.25) is 0 Å². The second kappa shape index (κ2) is 4.08. The Kier molecular flexibility index (Phi) is 2.54. The number of hydrogen-bond donors (Lipinski definition) is 2.